The highest BCUT2D eigenvalue weighted by molar-refractivity contribution is 7.99. The first-order chi connectivity index (χ1) is 16.5. The van der Waals surface area contributed by atoms with Crippen molar-refractivity contribution in [1.82, 2.24) is 19.6 Å². The quantitative estimate of drug-likeness (QED) is 0.419. The number of hydrogen-bond acceptors (Lipinski definition) is 6. The van der Waals surface area contributed by atoms with Gasteiger partial charge in [-0.15, -0.1) is 0 Å². The van der Waals surface area contributed by atoms with Crippen molar-refractivity contribution in [2.24, 2.45) is 7.05 Å². The number of likely N-dealkylation sites (tertiary alicyclic amines) is 1. The molecule has 2 aromatic heterocycles. The zero-order chi connectivity index (χ0) is 23.7. The maximum absolute atomic E-state index is 13.2. The average Bonchev–Trinajstić information content (AvgIpc) is 3.57. The molecule has 9 heteroatoms. The molecule has 0 radical (unpaired) electrons. The molecule has 0 spiro atoms. The summed E-state index contributed by atoms with van der Waals surface area (Å²) in [6.45, 7) is 2.33. The van der Waals surface area contributed by atoms with Gasteiger partial charge >= 0.3 is 0 Å². The normalized spacial score (nSPS) is 15.7. The van der Waals surface area contributed by atoms with Crippen molar-refractivity contribution in [2.75, 3.05) is 17.6 Å². The van der Waals surface area contributed by atoms with Gasteiger partial charge in [-0.2, -0.15) is 0 Å². The third kappa shape index (κ3) is 4.19. The molecule has 0 saturated carbocycles. The van der Waals surface area contributed by atoms with Crippen molar-refractivity contribution in [3.8, 4) is 11.3 Å². The number of nitrogens with one attached hydrogen (secondary N) is 1. The molecule has 0 aliphatic carbocycles. The van der Waals surface area contributed by atoms with Crippen molar-refractivity contribution in [3.63, 3.8) is 0 Å². The summed E-state index contributed by atoms with van der Waals surface area (Å²) in [5, 5.41) is 7.88. The molecule has 8 nitrogen and oxygen atoms in total. The van der Waals surface area contributed by atoms with Crippen molar-refractivity contribution in [2.45, 2.75) is 31.0 Å². The molecule has 2 aromatic carbocycles. The number of benzene rings is 2. The number of hydrogen-bond donors (Lipinski definition) is 1. The van der Waals surface area contributed by atoms with Crippen LogP contribution in [0, 0.1) is 6.92 Å². The summed E-state index contributed by atoms with van der Waals surface area (Å²) < 4.78 is 7.34. The Bertz CT molecular complexity index is 1350. The van der Waals surface area contributed by atoms with E-state index in [1.807, 2.05) is 66.2 Å². The molecule has 1 N–H and O–H groups in total. The van der Waals surface area contributed by atoms with Crippen LogP contribution in [0.15, 0.2) is 64.3 Å². The second-order valence-corrected chi connectivity index (χ2v) is 9.24. The molecule has 3 heterocycles. The predicted octanol–water partition coefficient (Wildman–Crippen LogP) is 4.26. The van der Waals surface area contributed by atoms with Gasteiger partial charge in [0.05, 0.1) is 16.8 Å². The van der Waals surface area contributed by atoms with E-state index in [0.29, 0.717) is 30.1 Å². The smallest absolute Gasteiger partial charge is 0.247 e. The maximum atomic E-state index is 13.2. The second kappa shape index (κ2) is 9.34. The minimum absolute atomic E-state index is 0.0694. The number of carbonyl (C=O) groups excluding carboxylic acids is 2. The summed E-state index contributed by atoms with van der Waals surface area (Å²) in [5.74, 6) is 0.463. The van der Waals surface area contributed by atoms with E-state index in [1.54, 1.807) is 11.8 Å². The summed E-state index contributed by atoms with van der Waals surface area (Å²) in [6.07, 6.45) is 1.41. The number of nitrogens with zero attached hydrogens (tertiary/aromatic N) is 4. The van der Waals surface area contributed by atoms with Crippen LogP contribution in [0.3, 0.4) is 0 Å². The SMILES string of the molecule is Cc1onc(-c2ccccc2)c1NC(=O)[C@@H]1CCCN1C(=O)CSc1nc2ccccc2n1C. The zero-order valence-corrected chi connectivity index (χ0v) is 19.8. The number of anilines is 1. The minimum atomic E-state index is -0.522. The van der Waals surface area contributed by atoms with Crippen LogP contribution in [-0.4, -0.2) is 49.8 Å². The van der Waals surface area contributed by atoms with Gasteiger partial charge in [-0.1, -0.05) is 59.4 Å². The average molecular weight is 476 g/mol. The number of carbonyl (C=O) groups is 2. The highest BCUT2D eigenvalue weighted by Gasteiger charge is 2.35. The molecule has 1 atom stereocenters. The maximum Gasteiger partial charge on any atom is 0.247 e. The lowest BCUT2D eigenvalue weighted by Gasteiger charge is -2.23. The minimum Gasteiger partial charge on any atom is -0.359 e. The van der Waals surface area contributed by atoms with Crippen molar-refractivity contribution in [1.29, 1.82) is 0 Å². The Balaban J connectivity index is 1.27. The van der Waals surface area contributed by atoms with E-state index in [9.17, 15) is 9.59 Å². The monoisotopic (exact) mass is 475 g/mol. The fourth-order valence-corrected chi connectivity index (χ4v) is 5.19. The third-order valence-electron chi connectivity index (χ3n) is 6.10. The van der Waals surface area contributed by atoms with Gasteiger partial charge in [0.25, 0.3) is 0 Å². The number of thioether (sulfide) groups is 1. The van der Waals surface area contributed by atoms with E-state index in [0.717, 1.165) is 28.2 Å². The van der Waals surface area contributed by atoms with Gasteiger partial charge in [0.1, 0.15) is 17.4 Å². The molecule has 1 saturated heterocycles. The highest BCUT2D eigenvalue weighted by Crippen LogP contribution is 2.31. The Morgan fingerprint density at radius 3 is 2.71 bits per heavy atom. The molecule has 4 aromatic rings. The van der Waals surface area contributed by atoms with Crippen LogP contribution in [0.4, 0.5) is 5.69 Å². The molecule has 174 valence electrons. The van der Waals surface area contributed by atoms with Gasteiger partial charge in [0, 0.05) is 19.2 Å². The van der Waals surface area contributed by atoms with Gasteiger partial charge in [-0.05, 0) is 31.9 Å². The Morgan fingerprint density at radius 1 is 1.15 bits per heavy atom. The van der Waals surface area contributed by atoms with E-state index in [-0.39, 0.29) is 17.6 Å². The van der Waals surface area contributed by atoms with Gasteiger partial charge in [-0.3, -0.25) is 9.59 Å². The van der Waals surface area contributed by atoms with Gasteiger partial charge < -0.3 is 19.3 Å². The summed E-state index contributed by atoms with van der Waals surface area (Å²) in [6, 6.07) is 16.9. The molecule has 0 unspecified atom stereocenters. The Hall–Kier alpha value is -3.59. The van der Waals surface area contributed by atoms with Crippen LogP contribution >= 0.6 is 11.8 Å². The largest absolute Gasteiger partial charge is 0.359 e. The lowest BCUT2D eigenvalue weighted by molar-refractivity contribution is -0.134. The van der Waals surface area contributed by atoms with E-state index in [4.69, 9.17) is 4.52 Å². The summed E-state index contributed by atoms with van der Waals surface area (Å²) in [4.78, 5) is 32.6. The summed E-state index contributed by atoms with van der Waals surface area (Å²) >= 11 is 1.39. The van der Waals surface area contributed by atoms with Crippen LogP contribution in [0.2, 0.25) is 0 Å². The number of rotatable bonds is 6. The number of aryl methyl sites for hydroxylation is 2. The number of amides is 2. The number of fused-ring (bicyclic) bond motifs is 1. The third-order valence-corrected chi connectivity index (χ3v) is 7.12. The Morgan fingerprint density at radius 2 is 1.91 bits per heavy atom. The molecule has 34 heavy (non-hydrogen) atoms. The molecule has 5 rings (SSSR count). The summed E-state index contributed by atoms with van der Waals surface area (Å²) in [7, 11) is 1.94. The Kier molecular flexibility index (Phi) is 6.10. The molecular formula is C25H25N5O3S. The van der Waals surface area contributed by atoms with Crippen LogP contribution in [0.25, 0.3) is 22.3 Å². The predicted molar refractivity (Wildman–Crippen MR) is 131 cm³/mol. The standard InChI is InChI=1S/C25H25N5O3S/c1-16-22(23(28-33-16)17-9-4-3-5-10-17)27-24(32)20-13-8-14-30(20)21(31)15-34-25-26-18-11-6-7-12-19(18)29(25)2/h3-7,9-12,20H,8,13-15H2,1-2H3,(H,27,32)/t20-/m0/s1. The van der Waals surface area contributed by atoms with E-state index in [1.165, 1.54) is 11.8 Å². The first kappa shape index (κ1) is 22.2. The van der Waals surface area contributed by atoms with Gasteiger partial charge in [0.15, 0.2) is 10.9 Å². The van der Waals surface area contributed by atoms with Crippen LogP contribution in [0.5, 0.6) is 0 Å². The van der Waals surface area contributed by atoms with Crippen LogP contribution in [0.1, 0.15) is 18.6 Å². The van der Waals surface area contributed by atoms with Crippen LogP contribution in [-0.2, 0) is 16.6 Å². The first-order valence-electron chi connectivity index (χ1n) is 11.2. The number of imidazole rings is 1. The first-order valence-corrected chi connectivity index (χ1v) is 12.2. The van der Waals surface area contributed by atoms with Crippen molar-refractivity contribution >= 4 is 40.3 Å². The highest BCUT2D eigenvalue weighted by atomic mass is 32.2. The second-order valence-electron chi connectivity index (χ2n) is 8.29. The van der Waals surface area contributed by atoms with E-state index in [2.05, 4.69) is 15.5 Å². The summed E-state index contributed by atoms with van der Waals surface area (Å²) in [5.41, 5.74) is 3.91. The van der Waals surface area contributed by atoms with Crippen molar-refractivity contribution < 1.29 is 14.1 Å². The molecule has 1 fully saturated rings. The van der Waals surface area contributed by atoms with Gasteiger partial charge in [0.2, 0.25) is 11.8 Å². The molecular weight excluding hydrogens is 450 g/mol. The zero-order valence-electron chi connectivity index (χ0n) is 19.0. The van der Waals surface area contributed by atoms with Gasteiger partial charge in [-0.25, -0.2) is 4.98 Å². The lowest BCUT2D eigenvalue weighted by Crippen LogP contribution is -2.44. The fourth-order valence-electron chi connectivity index (χ4n) is 4.32. The van der Waals surface area contributed by atoms with E-state index < -0.39 is 6.04 Å². The number of aromatic nitrogens is 3. The van der Waals surface area contributed by atoms with Crippen molar-refractivity contribution in [3.05, 3.63) is 60.4 Å². The Labute approximate surface area is 201 Å². The fraction of sp³-hybridized carbons (Fsp3) is 0.280. The van der Waals surface area contributed by atoms with E-state index >= 15 is 0 Å². The lowest BCUT2D eigenvalue weighted by atomic mass is 10.1. The van der Waals surface area contributed by atoms with Crippen LogP contribution < -0.4 is 5.32 Å². The molecule has 2 amide bonds. The molecule has 1 aliphatic heterocycles. The molecule has 0 bridgehead atoms. The molecule has 1 aliphatic rings. The number of para-hydroxylation sites is 2. The topological polar surface area (TPSA) is 93.3 Å².